The van der Waals surface area contributed by atoms with E-state index in [1.54, 1.807) is 17.4 Å². The van der Waals surface area contributed by atoms with E-state index in [4.69, 9.17) is 0 Å². The molecule has 0 unspecified atom stereocenters. The normalized spacial score (nSPS) is 10.6. The minimum absolute atomic E-state index is 0.0433. The molecule has 0 amide bonds. The molecule has 0 radical (unpaired) electrons. The molecule has 0 aliphatic carbocycles. The zero-order chi connectivity index (χ0) is 8.10. The maximum atomic E-state index is 10.7. The summed E-state index contributed by atoms with van der Waals surface area (Å²) in [6.07, 6.45) is 3.36. The summed E-state index contributed by atoms with van der Waals surface area (Å²) in [5.41, 5.74) is 0. The summed E-state index contributed by atoms with van der Waals surface area (Å²) in [7, 11) is 0. The zero-order valence-electron chi connectivity index (χ0n) is 5.86. The Balaban J connectivity index is 2.55. The number of hydrogen-bond donors (Lipinski definition) is 1. The number of hydrogen-bond acceptors (Lipinski definition) is 3. The van der Waals surface area contributed by atoms with Crippen molar-refractivity contribution in [3.05, 3.63) is 28.5 Å². The molecular formula is C8H8OS2. The smallest absolute Gasteiger partial charge is 0.165 e. The van der Waals surface area contributed by atoms with E-state index >= 15 is 0 Å². The van der Waals surface area contributed by atoms with E-state index in [1.165, 1.54) is 0 Å². The van der Waals surface area contributed by atoms with E-state index in [9.17, 15) is 4.79 Å². The molecule has 0 aliphatic heterocycles. The van der Waals surface area contributed by atoms with Gasteiger partial charge in [-0.25, -0.2) is 0 Å². The number of thiol groups is 1. The highest BCUT2D eigenvalue weighted by molar-refractivity contribution is 7.81. The lowest BCUT2D eigenvalue weighted by Crippen LogP contribution is -1.91. The van der Waals surface area contributed by atoms with Crippen molar-refractivity contribution >= 4 is 35.8 Å². The number of carbonyl (C=O) groups is 1. The molecule has 3 heteroatoms. The predicted molar refractivity (Wildman–Crippen MR) is 52.2 cm³/mol. The van der Waals surface area contributed by atoms with E-state index in [-0.39, 0.29) is 11.5 Å². The van der Waals surface area contributed by atoms with Crippen LogP contribution in [0.2, 0.25) is 0 Å². The number of rotatable bonds is 3. The van der Waals surface area contributed by atoms with Crippen molar-refractivity contribution < 1.29 is 4.79 Å². The summed E-state index contributed by atoms with van der Waals surface area (Å²) in [6, 6.07) is 3.92. The van der Waals surface area contributed by atoms with Crippen molar-refractivity contribution in [3.8, 4) is 0 Å². The summed E-state index contributed by atoms with van der Waals surface area (Å²) in [6.45, 7) is 0. The van der Waals surface area contributed by atoms with Gasteiger partial charge in [-0.3, -0.25) is 4.79 Å². The second kappa shape index (κ2) is 4.36. The van der Waals surface area contributed by atoms with Gasteiger partial charge in [0.15, 0.2) is 5.78 Å². The van der Waals surface area contributed by atoms with Gasteiger partial charge in [-0.2, -0.15) is 12.6 Å². The van der Waals surface area contributed by atoms with Crippen LogP contribution in [0.3, 0.4) is 0 Å². The SMILES string of the molecule is O=C(/C=C/c1cccs1)CS. The average Bonchev–Trinajstić information content (AvgIpc) is 2.52. The fourth-order valence-corrected chi connectivity index (χ4v) is 1.34. The lowest BCUT2D eigenvalue weighted by atomic mass is 10.3. The highest BCUT2D eigenvalue weighted by atomic mass is 32.1. The first-order chi connectivity index (χ1) is 5.33. The Kier molecular flexibility index (Phi) is 3.39. The monoisotopic (exact) mass is 184 g/mol. The first-order valence-electron chi connectivity index (χ1n) is 3.18. The third-order valence-electron chi connectivity index (χ3n) is 1.13. The fourth-order valence-electron chi connectivity index (χ4n) is 0.614. The molecule has 0 spiro atoms. The molecule has 1 nitrogen and oxygen atoms in total. The second-order valence-corrected chi connectivity index (χ2v) is 3.27. The number of allylic oxidation sites excluding steroid dienone is 1. The van der Waals surface area contributed by atoms with Crippen molar-refractivity contribution in [1.29, 1.82) is 0 Å². The van der Waals surface area contributed by atoms with E-state index in [2.05, 4.69) is 12.6 Å². The molecule has 11 heavy (non-hydrogen) atoms. The lowest BCUT2D eigenvalue weighted by molar-refractivity contribution is -0.112. The summed E-state index contributed by atoms with van der Waals surface area (Å²) in [5.74, 6) is 0.323. The molecule has 0 bridgehead atoms. The van der Waals surface area contributed by atoms with Crippen molar-refractivity contribution in [1.82, 2.24) is 0 Å². The fraction of sp³-hybridized carbons (Fsp3) is 0.125. The van der Waals surface area contributed by atoms with Crippen LogP contribution < -0.4 is 0 Å². The topological polar surface area (TPSA) is 17.1 Å². The molecule has 1 heterocycles. The molecule has 0 fully saturated rings. The van der Waals surface area contributed by atoms with Crippen molar-refractivity contribution in [3.63, 3.8) is 0 Å². The van der Waals surface area contributed by atoms with E-state index in [0.717, 1.165) is 4.88 Å². The van der Waals surface area contributed by atoms with Crippen LogP contribution in [0, 0.1) is 0 Å². The third-order valence-corrected chi connectivity index (χ3v) is 2.28. The summed E-state index contributed by atoms with van der Waals surface area (Å²) in [5, 5.41) is 1.98. The van der Waals surface area contributed by atoms with Crippen molar-refractivity contribution in [2.75, 3.05) is 5.75 Å². The molecule has 1 aromatic heterocycles. The average molecular weight is 184 g/mol. The van der Waals surface area contributed by atoms with Crippen LogP contribution in [0.25, 0.3) is 6.08 Å². The number of carbonyl (C=O) groups excluding carboxylic acids is 1. The van der Waals surface area contributed by atoms with Crippen LogP contribution in [0.1, 0.15) is 4.88 Å². The third kappa shape index (κ3) is 2.91. The molecule has 1 rings (SSSR count). The Labute approximate surface area is 75.2 Å². The van der Waals surface area contributed by atoms with Gasteiger partial charge >= 0.3 is 0 Å². The second-order valence-electron chi connectivity index (χ2n) is 1.97. The molecule has 0 N–H and O–H groups in total. The molecule has 0 saturated carbocycles. The quantitative estimate of drug-likeness (QED) is 0.563. The first-order valence-corrected chi connectivity index (χ1v) is 4.69. The standard InChI is InChI=1S/C8H8OS2/c9-7(6-10)3-4-8-2-1-5-11-8/h1-5,10H,6H2/b4-3+. The Morgan fingerprint density at radius 3 is 3.09 bits per heavy atom. The molecule has 0 aliphatic rings. The van der Waals surface area contributed by atoms with Gasteiger partial charge in [-0.15, -0.1) is 11.3 Å². The molecule has 0 saturated heterocycles. The van der Waals surface area contributed by atoms with Gasteiger partial charge < -0.3 is 0 Å². The van der Waals surface area contributed by atoms with Crippen LogP contribution in [0.15, 0.2) is 23.6 Å². The highest BCUT2D eigenvalue weighted by Crippen LogP contribution is 2.09. The van der Waals surface area contributed by atoms with Gasteiger partial charge in [-0.1, -0.05) is 6.07 Å². The van der Waals surface area contributed by atoms with E-state index in [1.807, 2.05) is 23.6 Å². The van der Waals surface area contributed by atoms with Crippen LogP contribution >= 0.6 is 24.0 Å². The van der Waals surface area contributed by atoms with Crippen LogP contribution in [-0.4, -0.2) is 11.5 Å². The summed E-state index contributed by atoms with van der Waals surface area (Å²) >= 11 is 5.46. The first kappa shape index (κ1) is 8.56. The van der Waals surface area contributed by atoms with Crippen LogP contribution in [0.4, 0.5) is 0 Å². The summed E-state index contributed by atoms with van der Waals surface area (Å²) < 4.78 is 0. The Morgan fingerprint density at radius 1 is 1.73 bits per heavy atom. The minimum atomic E-state index is 0.0433. The maximum Gasteiger partial charge on any atom is 0.165 e. The lowest BCUT2D eigenvalue weighted by Gasteiger charge is -1.83. The van der Waals surface area contributed by atoms with Gasteiger partial charge in [0, 0.05) is 4.88 Å². The van der Waals surface area contributed by atoms with Gasteiger partial charge in [0.2, 0.25) is 0 Å². The molecule has 1 aromatic rings. The molecular weight excluding hydrogens is 176 g/mol. The number of ketones is 1. The van der Waals surface area contributed by atoms with Gasteiger partial charge in [0.1, 0.15) is 0 Å². The Hall–Kier alpha value is -0.540. The van der Waals surface area contributed by atoms with Gasteiger partial charge in [0.05, 0.1) is 5.75 Å². The molecule has 0 atom stereocenters. The maximum absolute atomic E-state index is 10.7. The Morgan fingerprint density at radius 2 is 2.55 bits per heavy atom. The minimum Gasteiger partial charge on any atom is -0.294 e. The van der Waals surface area contributed by atoms with Crippen molar-refractivity contribution in [2.24, 2.45) is 0 Å². The van der Waals surface area contributed by atoms with Crippen LogP contribution in [-0.2, 0) is 4.79 Å². The molecule has 0 aromatic carbocycles. The predicted octanol–water partition coefficient (Wildman–Crippen LogP) is 2.26. The Bertz CT molecular complexity index is 249. The van der Waals surface area contributed by atoms with Crippen LogP contribution in [0.5, 0.6) is 0 Å². The molecule has 58 valence electrons. The van der Waals surface area contributed by atoms with Crippen molar-refractivity contribution in [2.45, 2.75) is 0 Å². The van der Waals surface area contributed by atoms with E-state index < -0.39 is 0 Å². The van der Waals surface area contributed by atoms with Gasteiger partial charge in [0.25, 0.3) is 0 Å². The summed E-state index contributed by atoms with van der Waals surface area (Å²) in [4.78, 5) is 11.8. The van der Waals surface area contributed by atoms with E-state index in [0.29, 0.717) is 0 Å². The largest absolute Gasteiger partial charge is 0.294 e. The van der Waals surface area contributed by atoms with Gasteiger partial charge in [-0.05, 0) is 23.6 Å². The highest BCUT2D eigenvalue weighted by Gasteiger charge is 1.90. The number of thiophene rings is 1. The zero-order valence-corrected chi connectivity index (χ0v) is 7.57.